The van der Waals surface area contributed by atoms with E-state index < -0.39 is 40.2 Å². The average molecular weight is 540 g/mol. The maximum atomic E-state index is 14.5. The van der Waals surface area contributed by atoms with E-state index in [1.165, 1.54) is 35.2 Å². The molecule has 0 aliphatic heterocycles. The molecule has 3 aromatic carbocycles. The molecule has 0 fully saturated rings. The first-order valence-electron chi connectivity index (χ1n) is 12.4. The lowest BCUT2D eigenvalue weighted by Gasteiger charge is -2.32. The van der Waals surface area contributed by atoms with Gasteiger partial charge in [-0.2, -0.15) is 0 Å². The third-order valence-corrected chi connectivity index (χ3v) is 8.27. The van der Waals surface area contributed by atoms with Crippen LogP contribution in [-0.4, -0.2) is 44.3 Å². The summed E-state index contributed by atoms with van der Waals surface area (Å²) >= 11 is 0. The van der Waals surface area contributed by atoms with Crippen molar-refractivity contribution in [2.24, 2.45) is 0 Å². The molecule has 0 aliphatic carbocycles. The lowest BCUT2D eigenvalue weighted by Crippen LogP contribution is -2.51. The monoisotopic (exact) mass is 539 g/mol. The number of amides is 2. The van der Waals surface area contributed by atoms with Crippen molar-refractivity contribution in [1.82, 2.24) is 10.2 Å². The van der Waals surface area contributed by atoms with Crippen LogP contribution in [-0.2, 0) is 26.2 Å². The van der Waals surface area contributed by atoms with Crippen LogP contribution in [0.4, 0.5) is 10.1 Å². The fourth-order valence-corrected chi connectivity index (χ4v) is 5.37. The second kappa shape index (κ2) is 12.2. The van der Waals surface area contributed by atoms with Crippen molar-refractivity contribution < 1.29 is 22.4 Å². The van der Waals surface area contributed by atoms with E-state index in [-0.39, 0.29) is 17.0 Å². The van der Waals surface area contributed by atoms with Gasteiger partial charge in [0.1, 0.15) is 18.4 Å². The quantitative estimate of drug-likeness (QED) is 0.411. The second-order valence-corrected chi connectivity index (χ2v) is 11.1. The number of nitrogens with zero attached hydrogens (tertiary/aromatic N) is 2. The first kappa shape index (κ1) is 28.8. The number of halogens is 1. The summed E-state index contributed by atoms with van der Waals surface area (Å²) in [6, 6.07) is 16.5. The summed E-state index contributed by atoms with van der Waals surface area (Å²) in [5, 5.41) is 2.68. The van der Waals surface area contributed by atoms with E-state index in [4.69, 9.17) is 0 Å². The lowest BCUT2D eigenvalue weighted by molar-refractivity contribution is -0.139. The Bertz CT molecular complexity index is 1410. The lowest BCUT2D eigenvalue weighted by atomic mass is 10.1. The molecule has 3 rings (SSSR count). The summed E-state index contributed by atoms with van der Waals surface area (Å²) in [5.74, 6) is -1.58. The molecule has 3 aromatic rings. The Kier molecular flexibility index (Phi) is 9.27. The number of sulfonamides is 1. The normalized spacial score (nSPS) is 12.1. The first-order valence-corrected chi connectivity index (χ1v) is 13.9. The van der Waals surface area contributed by atoms with E-state index in [1.54, 1.807) is 50.2 Å². The summed E-state index contributed by atoms with van der Waals surface area (Å²) < 4.78 is 43.2. The highest BCUT2D eigenvalue weighted by Crippen LogP contribution is 2.27. The molecular weight excluding hydrogens is 505 g/mol. The van der Waals surface area contributed by atoms with Gasteiger partial charge in [-0.25, -0.2) is 12.8 Å². The molecular formula is C29H34FN3O4S. The molecule has 0 radical (unpaired) electrons. The summed E-state index contributed by atoms with van der Waals surface area (Å²) in [4.78, 5) is 27.8. The molecule has 0 unspecified atom stereocenters. The Morgan fingerprint density at radius 2 is 1.61 bits per heavy atom. The van der Waals surface area contributed by atoms with E-state index >= 15 is 0 Å². The Labute approximate surface area is 224 Å². The minimum absolute atomic E-state index is 0.0338. The Hall–Kier alpha value is -3.72. The van der Waals surface area contributed by atoms with Crippen LogP contribution in [0.1, 0.15) is 36.1 Å². The van der Waals surface area contributed by atoms with Crippen LogP contribution in [0, 0.1) is 26.6 Å². The number of nitrogens with one attached hydrogen (secondary N) is 1. The molecule has 0 saturated heterocycles. The van der Waals surface area contributed by atoms with E-state index in [2.05, 4.69) is 5.32 Å². The Morgan fingerprint density at radius 3 is 2.21 bits per heavy atom. The van der Waals surface area contributed by atoms with Crippen molar-refractivity contribution in [3.63, 3.8) is 0 Å². The molecule has 0 spiro atoms. The molecule has 0 aliphatic rings. The number of anilines is 1. The van der Waals surface area contributed by atoms with Crippen LogP contribution >= 0.6 is 0 Å². The summed E-state index contributed by atoms with van der Waals surface area (Å²) in [7, 11) is -4.16. The molecule has 0 bridgehead atoms. The number of hydrogen-bond acceptors (Lipinski definition) is 4. The van der Waals surface area contributed by atoms with Crippen LogP contribution in [0.2, 0.25) is 0 Å². The number of likely N-dealkylation sites (N-methyl/N-ethyl adjacent to an activating group) is 1. The molecule has 0 saturated carbocycles. The van der Waals surface area contributed by atoms with E-state index in [0.29, 0.717) is 12.2 Å². The number of benzene rings is 3. The molecule has 1 N–H and O–H groups in total. The van der Waals surface area contributed by atoms with Gasteiger partial charge in [0.2, 0.25) is 11.8 Å². The number of carbonyl (C=O) groups is 2. The van der Waals surface area contributed by atoms with Crippen molar-refractivity contribution in [3.05, 3.63) is 94.8 Å². The zero-order valence-corrected chi connectivity index (χ0v) is 23.2. The largest absolute Gasteiger partial charge is 0.355 e. The Balaban J connectivity index is 2.07. The number of carbonyl (C=O) groups excluding carboxylic acids is 2. The average Bonchev–Trinajstić information content (AvgIpc) is 2.88. The smallest absolute Gasteiger partial charge is 0.264 e. The number of aryl methyl sites for hydroxylation is 3. The van der Waals surface area contributed by atoms with Gasteiger partial charge in [0.05, 0.1) is 10.6 Å². The standard InChI is InChI=1S/C29H34FN3O4S/c1-6-31-29(35)23(5)32(18-24-9-7-8-10-27(24)30)28(34)19-33(25-14-13-21(3)22(4)17-25)38(36,37)26-15-11-20(2)12-16-26/h7-17,23H,6,18-19H2,1-5H3,(H,31,35)/t23-/m1/s1. The minimum Gasteiger partial charge on any atom is -0.355 e. The molecule has 38 heavy (non-hydrogen) atoms. The van der Waals surface area contributed by atoms with Gasteiger partial charge in [-0.15, -0.1) is 0 Å². The third kappa shape index (κ3) is 6.58. The highest BCUT2D eigenvalue weighted by molar-refractivity contribution is 7.92. The van der Waals surface area contributed by atoms with Gasteiger partial charge >= 0.3 is 0 Å². The summed E-state index contributed by atoms with van der Waals surface area (Å²) in [6.45, 7) is 8.49. The molecule has 7 nitrogen and oxygen atoms in total. The minimum atomic E-state index is -4.16. The highest BCUT2D eigenvalue weighted by atomic mass is 32.2. The molecule has 202 valence electrons. The molecule has 0 heterocycles. The maximum Gasteiger partial charge on any atom is 0.264 e. The van der Waals surface area contributed by atoms with Gasteiger partial charge in [-0.1, -0.05) is 42.0 Å². The van der Waals surface area contributed by atoms with Crippen molar-refractivity contribution in [2.45, 2.75) is 52.1 Å². The van der Waals surface area contributed by atoms with Crippen molar-refractivity contribution >= 4 is 27.5 Å². The second-order valence-electron chi connectivity index (χ2n) is 9.28. The highest BCUT2D eigenvalue weighted by Gasteiger charge is 2.32. The van der Waals surface area contributed by atoms with E-state index in [0.717, 1.165) is 21.0 Å². The Morgan fingerprint density at radius 1 is 0.947 bits per heavy atom. The van der Waals surface area contributed by atoms with Gasteiger partial charge in [0.15, 0.2) is 0 Å². The number of hydrogen-bond donors (Lipinski definition) is 1. The van der Waals surface area contributed by atoms with E-state index in [9.17, 15) is 22.4 Å². The predicted molar refractivity (Wildman–Crippen MR) is 147 cm³/mol. The third-order valence-electron chi connectivity index (χ3n) is 6.48. The van der Waals surface area contributed by atoms with Crippen molar-refractivity contribution in [3.8, 4) is 0 Å². The van der Waals surface area contributed by atoms with Gasteiger partial charge in [0.25, 0.3) is 10.0 Å². The topological polar surface area (TPSA) is 86.8 Å². The van der Waals surface area contributed by atoms with Crippen LogP contribution in [0.5, 0.6) is 0 Å². The predicted octanol–water partition coefficient (Wildman–Crippen LogP) is 4.50. The van der Waals surface area contributed by atoms with E-state index in [1.807, 2.05) is 20.8 Å². The molecule has 9 heteroatoms. The number of rotatable bonds is 10. The zero-order valence-electron chi connectivity index (χ0n) is 22.4. The van der Waals surface area contributed by atoms with Crippen molar-refractivity contribution in [2.75, 3.05) is 17.4 Å². The van der Waals surface area contributed by atoms with Crippen LogP contribution in [0.15, 0.2) is 71.6 Å². The van der Waals surface area contributed by atoms with Gasteiger partial charge < -0.3 is 10.2 Å². The summed E-state index contributed by atoms with van der Waals surface area (Å²) in [6.07, 6.45) is 0. The first-order chi connectivity index (χ1) is 17.9. The zero-order chi connectivity index (χ0) is 28.0. The van der Waals surface area contributed by atoms with Crippen LogP contribution < -0.4 is 9.62 Å². The molecule has 1 atom stereocenters. The fourth-order valence-electron chi connectivity index (χ4n) is 3.96. The maximum absolute atomic E-state index is 14.5. The SMILES string of the molecule is CCNC(=O)[C@@H](C)N(Cc1ccccc1F)C(=O)CN(c1ccc(C)c(C)c1)S(=O)(=O)c1ccc(C)cc1. The van der Waals surface area contributed by atoms with Gasteiger partial charge in [-0.3, -0.25) is 13.9 Å². The fraction of sp³-hybridized carbons (Fsp3) is 0.310. The molecule has 0 aromatic heterocycles. The van der Waals surface area contributed by atoms with Gasteiger partial charge in [-0.05, 0) is 76.1 Å². The van der Waals surface area contributed by atoms with Crippen molar-refractivity contribution in [1.29, 1.82) is 0 Å². The molecule has 2 amide bonds. The van der Waals surface area contributed by atoms with Gasteiger partial charge in [0, 0.05) is 18.7 Å². The van der Waals surface area contributed by atoms with Crippen LogP contribution in [0.3, 0.4) is 0 Å². The summed E-state index contributed by atoms with van der Waals surface area (Å²) in [5.41, 5.74) is 3.26. The van der Waals surface area contributed by atoms with Crippen LogP contribution in [0.25, 0.3) is 0 Å².